The maximum absolute atomic E-state index is 12.9. The molecule has 0 aromatic heterocycles. The van der Waals surface area contributed by atoms with Crippen LogP contribution in [-0.4, -0.2) is 34.2 Å². The summed E-state index contributed by atoms with van der Waals surface area (Å²) in [4.78, 5) is 26.5. The van der Waals surface area contributed by atoms with Gasteiger partial charge >= 0.3 is 5.97 Å². The Balaban J connectivity index is 1.73. The number of hydrogen-bond donors (Lipinski definition) is 0. The van der Waals surface area contributed by atoms with E-state index in [0.717, 1.165) is 15.6 Å². The fourth-order valence-electron chi connectivity index (χ4n) is 3.01. The first-order valence-corrected chi connectivity index (χ1v) is 12.8. The van der Waals surface area contributed by atoms with Crippen molar-refractivity contribution in [1.29, 1.82) is 0 Å². The van der Waals surface area contributed by atoms with Gasteiger partial charge in [0.05, 0.1) is 11.5 Å². The van der Waals surface area contributed by atoms with Crippen molar-refractivity contribution in [2.24, 2.45) is 0 Å². The van der Waals surface area contributed by atoms with Crippen LogP contribution in [0.15, 0.2) is 45.8 Å². The van der Waals surface area contributed by atoms with Crippen molar-refractivity contribution < 1.29 is 19.1 Å². The van der Waals surface area contributed by atoms with Crippen LogP contribution < -0.4 is 4.74 Å². The molecule has 1 heterocycles. The topological polar surface area (TPSA) is 55.8 Å². The Kier molecular flexibility index (Phi) is 9.64. The molecular formula is C23H20BrCl2NO4S2. The highest BCUT2D eigenvalue weighted by atomic mass is 79.9. The van der Waals surface area contributed by atoms with Crippen molar-refractivity contribution in [1.82, 2.24) is 4.90 Å². The molecule has 0 atom stereocenters. The Labute approximate surface area is 220 Å². The van der Waals surface area contributed by atoms with E-state index in [1.54, 1.807) is 25.1 Å². The summed E-state index contributed by atoms with van der Waals surface area (Å²) in [5.74, 6) is 0.118. The van der Waals surface area contributed by atoms with Crippen LogP contribution in [0.4, 0.5) is 0 Å². The predicted octanol–water partition coefficient (Wildman–Crippen LogP) is 6.88. The third kappa shape index (κ3) is 7.20. The average Bonchev–Trinajstić information content (AvgIpc) is 3.02. The monoisotopic (exact) mass is 587 g/mol. The van der Waals surface area contributed by atoms with E-state index in [-0.39, 0.29) is 24.9 Å². The van der Waals surface area contributed by atoms with Crippen molar-refractivity contribution in [3.8, 4) is 5.75 Å². The minimum Gasteiger partial charge on any atom is -0.488 e. The molecule has 174 valence electrons. The highest BCUT2D eigenvalue weighted by Gasteiger charge is 2.32. The largest absolute Gasteiger partial charge is 0.488 e. The second kappa shape index (κ2) is 12.2. The van der Waals surface area contributed by atoms with Gasteiger partial charge in [-0.05, 0) is 49.8 Å². The fourth-order valence-corrected chi connectivity index (χ4v) is 5.15. The molecule has 10 heteroatoms. The summed E-state index contributed by atoms with van der Waals surface area (Å²) in [6, 6.07) is 10.8. The van der Waals surface area contributed by atoms with E-state index < -0.39 is 0 Å². The molecule has 1 amide bonds. The maximum atomic E-state index is 12.9. The average molecular weight is 589 g/mol. The number of nitrogens with zero attached hydrogens (tertiary/aromatic N) is 1. The number of esters is 1. The van der Waals surface area contributed by atoms with Gasteiger partial charge in [0.15, 0.2) is 0 Å². The zero-order valence-corrected chi connectivity index (χ0v) is 22.3. The van der Waals surface area contributed by atoms with Gasteiger partial charge < -0.3 is 9.47 Å². The molecule has 0 spiro atoms. The summed E-state index contributed by atoms with van der Waals surface area (Å²) in [6.07, 6.45) is 2.47. The number of halogens is 3. The minimum absolute atomic E-state index is 0.194. The first kappa shape index (κ1) is 26.0. The lowest BCUT2D eigenvalue weighted by Gasteiger charge is -2.14. The summed E-state index contributed by atoms with van der Waals surface area (Å²) in [7, 11) is 0. The van der Waals surface area contributed by atoms with E-state index in [2.05, 4.69) is 15.9 Å². The molecule has 0 saturated carbocycles. The summed E-state index contributed by atoms with van der Waals surface area (Å²) >= 11 is 22.3. The molecule has 33 heavy (non-hydrogen) atoms. The lowest BCUT2D eigenvalue weighted by atomic mass is 10.1. The molecule has 5 nitrogen and oxygen atoms in total. The van der Waals surface area contributed by atoms with Crippen molar-refractivity contribution in [2.45, 2.75) is 26.4 Å². The molecule has 3 rings (SSSR count). The molecule has 1 saturated heterocycles. The van der Waals surface area contributed by atoms with Gasteiger partial charge in [-0.3, -0.25) is 14.5 Å². The number of thioether (sulfide) groups is 1. The molecule has 2 aromatic carbocycles. The molecule has 0 bridgehead atoms. The smallest absolute Gasteiger partial charge is 0.305 e. The van der Waals surface area contributed by atoms with Crippen LogP contribution in [0, 0.1) is 0 Å². The van der Waals surface area contributed by atoms with E-state index in [9.17, 15) is 9.59 Å². The zero-order valence-electron chi connectivity index (χ0n) is 17.6. The second-order valence-corrected chi connectivity index (χ2v) is 10.4. The molecule has 1 aliphatic rings. The maximum Gasteiger partial charge on any atom is 0.305 e. The van der Waals surface area contributed by atoms with Crippen LogP contribution in [-0.2, 0) is 20.9 Å². The van der Waals surface area contributed by atoms with Gasteiger partial charge in [0.1, 0.15) is 16.7 Å². The standard InChI is InChI=1S/C23H20BrCl2NO4S2/c1-2-30-21(28)4-3-9-27-22(29)20(33-23(27)32)11-15-10-16(24)6-8-19(15)31-13-14-5-7-17(25)12-18(14)26/h5-8,10-12H,2-4,9,13H2,1H3/b20-11+. The summed E-state index contributed by atoms with van der Waals surface area (Å²) < 4.78 is 12.2. The second-order valence-electron chi connectivity index (χ2n) is 6.95. The lowest BCUT2D eigenvalue weighted by molar-refractivity contribution is -0.143. The zero-order chi connectivity index (χ0) is 24.0. The molecule has 0 radical (unpaired) electrons. The summed E-state index contributed by atoms with van der Waals surface area (Å²) in [5, 5.41) is 1.07. The number of carbonyl (C=O) groups excluding carboxylic acids is 2. The van der Waals surface area contributed by atoms with Gasteiger partial charge in [0.25, 0.3) is 5.91 Å². The van der Waals surface area contributed by atoms with Crippen LogP contribution in [0.3, 0.4) is 0 Å². The minimum atomic E-state index is -0.282. The number of carbonyl (C=O) groups is 2. The Morgan fingerprint density at radius 3 is 2.76 bits per heavy atom. The summed E-state index contributed by atoms with van der Waals surface area (Å²) in [5.41, 5.74) is 1.52. The number of amides is 1. The Morgan fingerprint density at radius 2 is 2.03 bits per heavy atom. The van der Waals surface area contributed by atoms with Crippen molar-refractivity contribution >= 4 is 85.4 Å². The van der Waals surface area contributed by atoms with Gasteiger partial charge in [0, 0.05) is 38.6 Å². The molecule has 0 unspecified atom stereocenters. The van der Waals surface area contributed by atoms with Crippen molar-refractivity contribution in [3.63, 3.8) is 0 Å². The predicted molar refractivity (Wildman–Crippen MR) is 141 cm³/mol. The van der Waals surface area contributed by atoms with Gasteiger partial charge in [-0.25, -0.2) is 0 Å². The van der Waals surface area contributed by atoms with Gasteiger partial charge in [0.2, 0.25) is 0 Å². The van der Waals surface area contributed by atoms with E-state index in [1.165, 1.54) is 16.7 Å². The van der Waals surface area contributed by atoms with Crippen LogP contribution in [0.25, 0.3) is 6.08 Å². The number of hydrogen-bond acceptors (Lipinski definition) is 6. The first-order chi connectivity index (χ1) is 15.8. The SMILES string of the molecule is CCOC(=O)CCCN1C(=O)/C(=C\c2cc(Br)ccc2OCc2ccc(Cl)cc2Cl)SC1=S. The van der Waals surface area contributed by atoms with E-state index in [4.69, 9.17) is 44.9 Å². The quantitative estimate of drug-likeness (QED) is 0.181. The molecule has 1 aliphatic heterocycles. The molecule has 2 aromatic rings. The van der Waals surface area contributed by atoms with Gasteiger partial charge in [-0.15, -0.1) is 0 Å². The van der Waals surface area contributed by atoms with Crippen LogP contribution in [0.5, 0.6) is 5.75 Å². The lowest BCUT2D eigenvalue weighted by Crippen LogP contribution is -2.29. The third-order valence-electron chi connectivity index (χ3n) is 4.60. The number of thiocarbonyl (C=S) groups is 1. The normalized spacial score (nSPS) is 14.8. The molecular weight excluding hydrogens is 569 g/mol. The highest BCUT2D eigenvalue weighted by molar-refractivity contribution is 9.10. The van der Waals surface area contributed by atoms with Gasteiger partial charge in [-0.2, -0.15) is 0 Å². The highest BCUT2D eigenvalue weighted by Crippen LogP contribution is 2.35. The van der Waals surface area contributed by atoms with Crippen LogP contribution in [0.2, 0.25) is 10.0 Å². The van der Waals surface area contributed by atoms with Crippen LogP contribution in [0.1, 0.15) is 30.9 Å². The van der Waals surface area contributed by atoms with E-state index >= 15 is 0 Å². The summed E-state index contributed by atoms with van der Waals surface area (Å²) in [6.45, 7) is 2.70. The van der Waals surface area contributed by atoms with E-state index in [0.29, 0.717) is 44.6 Å². The fraction of sp³-hybridized carbons (Fsp3) is 0.261. The Hall–Kier alpha value is -1.58. The van der Waals surface area contributed by atoms with Crippen molar-refractivity contribution in [3.05, 3.63) is 66.9 Å². The molecule has 0 N–H and O–H groups in total. The Morgan fingerprint density at radius 1 is 1.24 bits per heavy atom. The number of ether oxygens (including phenoxy) is 2. The third-order valence-corrected chi connectivity index (χ3v) is 7.06. The van der Waals surface area contributed by atoms with Crippen LogP contribution >= 0.6 is 63.1 Å². The molecule has 0 aliphatic carbocycles. The number of benzene rings is 2. The number of rotatable bonds is 9. The molecule has 1 fully saturated rings. The van der Waals surface area contributed by atoms with Gasteiger partial charge in [-0.1, -0.05) is 69.2 Å². The first-order valence-electron chi connectivity index (χ1n) is 10.1. The Bertz CT molecular complexity index is 1110. The van der Waals surface area contributed by atoms with E-state index in [1.807, 2.05) is 24.3 Å². The van der Waals surface area contributed by atoms with Crippen molar-refractivity contribution in [2.75, 3.05) is 13.2 Å².